The highest BCUT2D eigenvalue weighted by Gasteiger charge is 2.33. The number of benzene rings is 1. The summed E-state index contributed by atoms with van der Waals surface area (Å²) >= 11 is 7.56. The molecule has 1 aliphatic carbocycles. The number of carbonyl (C=O) groups is 1. The molecule has 0 saturated heterocycles. The van der Waals surface area contributed by atoms with Gasteiger partial charge in [0.15, 0.2) is 0 Å². The fourth-order valence-electron chi connectivity index (χ4n) is 2.08. The highest BCUT2D eigenvalue weighted by molar-refractivity contribution is 7.09. The SMILES string of the molecule is O=C(c1ccc(Cl)cc1)N(Cc1cccs1)C1CC1. The number of nitrogens with zero attached hydrogens (tertiary/aromatic N) is 1. The maximum atomic E-state index is 12.6. The Balaban J connectivity index is 1.79. The Morgan fingerprint density at radius 1 is 1.26 bits per heavy atom. The van der Waals surface area contributed by atoms with E-state index in [9.17, 15) is 4.79 Å². The zero-order valence-electron chi connectivity index (χ0n) is 10.4. The largest absolute Gasteiger partial charge is 0.331 e. The van der Waals surface area contributed by atoms with Crippen molar-refractivity contribution in [2.45, 2.75) is 25.4 Å². The second kappa shape index (κ2) is 5.35. The lowest BCUT2D eigenvalue weighted by Crippen LogP contribution is -2.32. The third kappa shape index (κ3) is 2.99. The lowest BCUT2D eigenvalue weighted by Gasteiger charge is -2.21. The van der Waals surface area contributed by atoms with E-state index in [1.807, 2.05) is 16.3 Å². The first-order valence-corrected chi connectivity index (χ1v) is 7.59. The van der Waals surface area contributed by atoms with Crippen LogP contribution in [0.2, 0.25) is 5.02 Å². The lowest BCUT2D eigenvalue weighted by molar-refractivity contribution is 0.0731. The maximum Gasteiger partial charge on any atom is 0.254 e. The van der Waals surface area contributed by atoms with E-state index in [0.717, 1.165) is 12.8 Å². The molecule has 1 amide bonds. The van der Waals surface area contributed by atoms with Gasteiger partial charge in [-0.25, -0.2) is 0 Å². The standard InChI is InChI=1S/C15H14ClNOS/c16-12-5-3-11(4-6-12)15(18)17(13-7-8-13)10-14-2-1-9-19-14/h1-6,9,13H,7-8,10H2. The first-order valence-electron chi connectivity index (χ1n) is 6.33. The fraction of sp³-hybridized carbons (Fsp3) is 0.267. The molecule has 2 nitrogen and oxygen atoms in total. The molecule has 98 valence electrons. The quantitative estimate of drug-likeness (QED) is 0.826. The molecule has 19 heavy (non-hydrogen) atoms. The van der Waals surface area contributed by atoms with Crippen LogP contribution in [-0.4, -0.2) is 16.8 Å². The number of amides is 1. The predicted octanol–water partition coefficient (Wildman–Crippen LogP) is 4.21. The van der Waals surface area contributed by atoms with E-state index in [1.165, 1.54) is 4.88 Å². The lowest BCUT2D eigenvalue weighted by atomic mass is 10.2. The van der Waals surface area contributed by atoms with Crippen molar-refractivity contribution in [2.75, 3.05) is 0 Å². The molecule has 2 aromatic rings. The molecule has 0 N–H and O–H groups in total. The van der Waals surface area contributed by atoms with E-state index in [2.05, 4.69) is 6.07 Å². The van der Waals surface area contributed by atoms with Crippen LogP contribution in [-0.2, 0) is 6.54 Å². The summed E-state index contributed by atoms with van der Waals surface area (Å²) in [6.07, 6.45) is 2.23. The van der Waals surface area contributed by atoms with Gasteiger partial charge in [-0.1, -0.05) is 17.7 Å². The van der Waals surface area contributed by atoms with Gasteiger partial charge in [-0.3, -0.25) is 4.79 Å². The topological polar surface area (TPSA) is 20.3 Å². The van der Waals surface area contributed by atoms with Gasteiger partial charge in [-0.05, 0) is 48.6 Å². The van der Waals surface area contributed by atoms with Crippen molar-refractivity contribution in [1.82, 2.24) is 4.90 Å². The van der Waals surface area contributed by atoms with Crippen molar-refractivity contribution in [3.63, 3.8) is 0 Å². The van der Waals surface area contributed by atoms with Crippen molar-refractivity contribution in [3.05, 3.63) is 57.2 Å². The maximum absolute atomic E-state index is 12.6. The first-order chi connectivity index (χ1) is 9.24. The molecular weight excluding hydrogens is 278 g/mol. The summed E-state index contributed by atoms with van der Waals surface area (Å²) < 4.78 is 0. The van der Waals surface area contributed by atoms with Crippen molar-refractivity contribution in [1.29, 1.82) is 0 Å². The van der Waals surface area contributed by atoms with E-state index in [-0.39, 0.29) is 5.91 Å². The zero-order chi connectivity index (χ0) is 13.2. The van der Waals surface area contributed by atoms with Gasteiger partial charge in [0.1, 0.15) is 0 Å². The average molecular weight is 292 g/mol. The number of rotatable bonds is 4. The first kappa shape index (κ1) is 12.7. The van der Waals surface area contributed by atoms with Crippen LogP contribution in [0.25, 0.3) is 0 Å². The van der Waals surface area contributed by atoms with E-state index in [0.29, 0.717) is 23.2 Å². The monoisotopic (exact) mass is 291 g/mol. The van der Waals surface area contributed by atoms with E-state index in [4.69, 9.17) is 11.6 Å². The number of hydrogen-bond acceptors (Lipinski definition) is 2. The van der Waals surface area contributed by atoms with Crippen LogP contribution in [0.15, 0.2) is 41.8 Å². The van der Waals surface area contributed by atoms with Crippen LogP contribution < -0.4 is 0 Å². The predicted molar refractivity (Wildman–Crippen MR) is 78.7 cm³/mol. The third-order valence-corrected chi connectivity index (χ3v) is 4.36. The number of halogens is 1. The Kier molecular flexibility index (Phi) is 3.58. The van der Waals surface area contributed by atoms with Crippen molar-refractivity contribution in [3.8, 4) is 0 Å². The van der Waals surface area contributed by atoms with Gasteiger partial charge in [0.2, 0.25) is 0 Å². The van der Waals surface area contributed by atoms with Crippen LogP contribution in [0.5, 0.6) is 0 Å². The van der Waals surface area contributed by atoms with Crippen LogP contribution in [0, 0.1) is 0 Å². The minimum atomic E-state index is 0.104. The third-order valence-electron chi connectivity index (χ3n) is 3.25. The molecule has 1 aliphatic rings. The molecule has 0 atom stereocenters. The van der Waals surface area contributed by atoms with Crippen LogP contribution in [0.1, 0.15) is 28.1 Å². The van der Waals surface area contributed by atoms with Gasteiger partial charge < -0.3 is 4.90 Å². The Morgan fingerprint density at radius 2 is 2.00 bits per heavy atom. The van der Waals surface area contributed by atoms with E-state index in [1.54, 1.807) is 35.6 Å². The summed E-state index contributed by atoms with van der Waals surface area (Å²) in [6, 6.07) is 11.6. The van der Waals surface area contributed by atoms with Crippen molar-refractivity contribution >= 4 is 28.8 Å². The summed E-state index contributed by atoms with van der Waals surface area (Å²) in [5.74, 6) is 0.104. The molecule has 0 radical (unpaired) electrons. The molecule has 0 unspecified atom stereocenters. The Bertz CT molecular complexity index is 560. The summed E-state index contributed by atoms with van der Waals surface area (Å²) in [7, 11) is 0. The molecule has 3 rings (SSSR count). The molecule has 0 bridgehead atoms. The normalized spacial score (nSPS) is 14.4. The van der Waals surface area contributed by atoms with E-state index >= 15 is 0 Å². The van der Waals surface area contributed by atoms with Gasteiger partial charge in [-0.15, -0.1) is 11.3 Å². The van der Waals surface area contributed by atoms with Gasteiger partial charge >= 0.3 is 0 Å². The van der Waals surface area contributed by atoms with Crippen LogP contribution in [0.3, 0.4) is 0 Å². The summed E-state index contributed by atoms with van der Waals surface area (Å²) in [4.78, 5) is 15.8. The average Bonchev–Trinajstić information content (AvgIpc) is 3.13. The second-order valence-electron chi connectivity index (χ2n) is 4.75. The minimum absolute atomic E-state index is 0.104. The highest BCUT2D eigenvalue weighted by atomic mass is 35.5. The summed E-state index contributed by atoms with van der Waals surface area (Å²) in [5, 5.41) is 2.71. The molecule has 4 heteroatoms. The van der Waals surface area contributed by atoms with Gasteiger partial charge in [0.25, 0.3) is 5.91 Å². The molecule has 1 aromatic heterocycles. The molecular formula is C15H14ClNOS. The van der Waals surface area contributed by atoms with Gasteiger partial charge in [-0.2, -0.15) is 0 Å². The fourth-order valence-corrected chi connectivity index (χ4v) is 2.91. The summed E-state index contributed by atoms with van der Waals surface area (Å²) in [6.45, 7) is 0.712. The van der Waals surface area contributed by atoms with E-state index < -0.39 is 0 Å². The Hall–Kier alpha value is -1.32. The number of thiophene rings is 1. The van der Waals surface area contributed by atoms with Crippen molar-refractivity contribution < 1.29 is 4.79 Å². The number of carbonyl (C=O) groups excluding carboxylic acids is 1. The molecule has 1 aromatic carbocycles. The molecule has 1 saturated carbocycles. The number of hydrogen-bond donors (Lipinski definition) is 0. The smallest absolute Gasteiger partial charge is 0.254 e. The van der Waals surface area contributed by atoms with Gasteiger partial charge in [0, 0.05) is 21.5 Å². The highest BCUT2D eigenvalue weighted by Crippen LogP contribution is 2.30. The molecule has 1 heterocycles. The molecule has 0 aliphatic heterocycles. The molecule has 0 spiro atoms. The Morgan fingerprint density at radius 3 is 2.58 bits per heavy atom. The van der Waals surface area contributed by atoms with Crippen LogP contribution >= 0.6 is 22.9 Å². The second-order valence-corrected chi connectivity index (χ2v) is 6.22. The molecule has 1 fully saturated rings. The minimum Gasteiger partial charge on any atom is -0.331 e. The van der Waals surface area contributed by atoms with Crippen LogP contribution in [0.4, 0.5) is 0 Å². The Labute approximate surface area is 121 Å². The zero-order valence-corrected chi connectivity index (χ0v) is 12.0. The summed E-state index contributed by atoms with van der Waals surface area (Å²) in [5.41, 5.74) is 0.716. The van der Waals surface area contributed by atoms with Crippen molar-refractivity contribution in [2.24, 2.45) is 0 Å². The van der Waals surface area contributed by atoms with Gasteiger partial charge in [0.05, 0.1) is 6.54 Å².